The SMILES string of the molecule is CC(C)c1cccc2c1CN(C1(C)CCC(=O)NC1)C2=O. The molecule has 0 aliphatic carbocycles. The molecule has 1 saturated heterocycles. The number of nitrogens with one attached hydrogen (secondary N) is 1. The van der Waals surface area contributed by atoms with Crippen LogP contribution < -0.4 is 5.32 Å². The Morgan fingerprint density at radius 3 is 2.67 bits per heavy atom. The van der Waals surface area contributed by atoms with Crippen molar-refractivity contribution in [3.63, 3.8) is 0 Å². The lowest BCUT2D eigenvalue weighted by Gasteiger charge is -2.41. The highest BCUT2D eigenvalue weighted by Gasteiger charge is 2.43. The van der Waals surface area contributed by atoms with Gasteiger partial charge in [0.15, 0.2) is 0 Å². The lowest BCUT2D eigenvalue weighted by atomic mass is 9.90. The molecule has 2 amide bonds. The molecule has 4 nitrogen and oxygen atoms in total. The van der Waals surface area contributed by atoms with Crippen LogP contribution in [0.2, 0.25) is 0 Å². The number of amides is 2. The minimum atomic E-state index is -0.280. The minimum absolute atomic E-state index is 0.0829. The maximum absolute atomic E-state index is 12.8. The number of benzene rings is 1. The summed E-state index contributed by atoms with van der Waals surface area (Å²) >= 11 is 0. The van der Waals surface area contributed by atoms with Gasteiger partial charge in [-0.05, 0) is 36.5 Å². The molecule has 1 N–H and O–H groups in total. The zero-order chi connectivity index (χ0) is 15.2. The summed E-state index contributed by atoms with van der Waals surface area (Å²) in [5.41, 5.74) is 2.97. The van der Waals surface area contributed by atoms with Crippen molar-refractivity contribution in [3.8, 4) is 0 Å². The van der Waals surface area contributed by atoms with Gasteiger partial charge in [-0.2, -0.15) is 0 Å². The molecule has 2 heterocycles. The van der Waals surface area contributed by atoms with Crippen molar-refractivity contribution in [1.82, 2.24) is 10.2 Å². The largest absolute Gasteiger partial charge is 0.354 e. The Morgan fingerprint density at radius 2 is 2.05 bits per heavy atom. The molecule has 1 aromatic rings. The van der Waals surface area contributed by atoms with Gasteiger partial charge in [-0.1, -0.05) is 26.0 Å². The van der Waals surface area contributed by atoms with E-state index in [1.54, 1.807) is 0 Å². The van der Waals surface area contributed by atoms with Gasteiger partial charge >= 0.3 is 0 Å². The predicted molar refractivity (Wildman–Crippen MR) is 81.1 cm³/mol. The van der Waals surface area contributed by atoms with Gasteiger partial charge < -0.3 is 10.2 Å². The van der Waals surface area contributed by atoms with E-state index in [1.165, 1.54) is 5.56 Å². The minimum Gasteiger partial charge on any atom is -0.354 e. The maximum Gasteiger partial charge on any atom is 0.255 e. The average molecular weight is 286 g/mol. The summed E-state index contributed by atoms with van der Waals surface area (Å²) in [7, 11) is 0. The third-order valence-electron chi connectivity index (χ3n) is 4.83. The molecule has 3 rings (SSSR count). The summed E-state index contributed by atoms with van der Waals surface area (Å²) < 4.78 is 0. The molecule has 0 radical (unpaired) electrons. The fraction of sp³-hybridized carbons (Fsp3) is 0.529. The highest BCUT2D eigenvalue weighted by molar-refractivity contribution is 5.99. The second-order valence-electron chi connectivity index (χ2n) is 6.69. The standard InChI is InChI=1S/C17H22N2O2/c1-11(2)12-5-4-6-13-14(12)9-19(16(13)21)17(3)8-7-15(20)18-10-17/h4-6,11H,7-10H2,1-3H3,(H,18,20). The van der Waals surface area contributed by atoms with Crippen molar-refractivity contribution in [1.29, 1.82) is 0 Å². The van der Waals surface area contributed by atoms with Crippen molar-refractivity contribution in [2.75, 3.05) is 6.54 Å². The molecule has 1 atom stereocenters. The van der Waals surface area contributed by atoms with Crippen LogP contribution in [-0.2, 0) is 11.3 Å². The van der Waals surface area contributed by atoms with Crippen molar-refractivity contribution >= 4 is 11.8 Å². The quantitative estimate of drug-likeness (QED) is 0.907. The highest BCUT2D eigenvalue weighted by atomic mass is 16.2. The first-order chi connectivity index (χ1) is 9.92. The molecule has 1 fully saturated rings. The Bertz CT molecular complexity index is 597. The number of nitrogens with zero attached hydrogens (tertiary/aromatic N) is 1. The number of rotatable bonds is 2. The zero-order valence-corrected chi connectivity index (χ0v) is 12.9. The third-order valence-corrected chi connectivity index (χ3v) is 4.83. The Balaban J connectivity index is 1.93. The van der Waals surface area contributed by atoms with Gasteiger partial charge in [-0.25, -0.2) is 0 Å². The van der Waals surface area contributed by atoms with Gasteiger partial charge in [0.25, 0.3) is 5.91 Å². The Hall–Kier alpha value is -1.84. The average Bonchev–Trinajstić information content (AvgIpc) is 2.80. The van der Waals surface area contributed by atoms with Crippen LogP contribution in [0.5, 0.6) is 0 Å². The predicted octanol–water partition coefficient (Wildman–Crippen LogP) is 2.43. The summed E-state index contributed by atoms with van der Waals surface area (Å²) in [4.78, 5) is 26.1. The van der Waals surface area contributed by atoms with E-state index in [0.717, 1.165) is 17.5 Å². The molecule has 2 aliphatic rings. The van der Waals surface area contributed by atoms with Crippen LogP contribution in [0.3, 0.4) is 0 Å². The van der Waals surface area contributed by atoms with Crippen LogP contribution in [0.15, 0.2) is 18.2 Å². The first-order valence-corrected chi connectivity index (χ1v) is 7.63. The summed E-state index contributed by atoms with van der Waals surface area (Å²) in [6.45, 7) is 7.60. The van der Waals surface area contributed by atoms with Gasteiger partial charge in [0.1, 0.15) is 0 Å². The smallest absolute Gasteiger partial charge is 0.255 e. The van der Waals surface area contributed by atoms with Gasteiger partial charge in [-0.15, -0.1) is 0 Å². The van der Waals surface area contributed by atoms with Gasteiger partial charge in [0.2, 0.25) is 5.91 Å². The third kappa shape index (κ3) is 2.23. The summed E-state index contributed by atoms with van der Waals surface area (Å²) in [6.07, 6.45) is 1.23. The molecule has 4 heteroatoms. The number of carbonyl (C=O) groups excluding carboxylic acids is 2. The van der Waals surface area contributed by atoms with Crippen LogP contribution in [-0.4, -0.2) is 28.8 Å². The number of carbonyl (C=O) groups is 2. The maximum atomic E-state index is 12.8. The highest BCUT2D eigenvalue weighted by Crippen LogP contribution is 2.36. The van der Waals surface area contributed by atoms with E-state index in [4.69, 9.17) is 0 Å². The topological polar surface area (TPSA) is 49.4 Å². The van der Waals surface area contributed by atoms with Crippen LogP contribution in [0, 0.1) is 0 Å². The Labute approximate surface area is 125 Å². The molecule has 0 saturated carbocycles. The van der Waals surface area contributed by atoms with E-state index in [-0.39, 0.29) is 17.4 Å². The fourth-order valence-corrected chi connectivity index (χ4v) is 3.41. The summed E-state index contributed by atoms with van der Waals surface area (Å²) in [6, 6.07) is 6.01. The number of fused-ring (bicyclic) bond motifs is 1. The second-order valence-corrected chi connectivity index (χ2v) is 6.69. The van der Waals surface area contributed by atoms with Crippen LogP contribution in [0.4, 0.5) is 0 Å². The first kappa shape index (κ1) is 14.1. The van der Waals surface area contributed by atoms with E-state index in [9.17, 15) is 9.59 Å². The number of hydrogen-bond acceptors (Lipinski definition) is 2. The second kappa shape index (κ2) is 4.86. The molecule has 0 spiro atoms. The fourth-order valence-electron chi connectivity index (χ4n) is 3.41. The first-order valence-electron chi connectivity index (χ1n) is 7.63. The van der Waals surface area contributed by atoms with E-state index < -0.39 is 0 Å². The van der Waals surface area contributed by atoms with Crippen molar-refractivity contribution in [2.24, 2.45) is 0 Å². The van der Waals surface area contributed by atoms with Crippen LogP contribution in [0.25, 0.3) is 0 Å². The molecule has 0 aromatic heterocycles. The van der Waals surface area contributed by atoms with E-state index in [0.29, 0.717) is 25.4 Å². The van der Waals surface area contributed by atoms with E-state index in [1.807, 2.05) is 17.0 Å². The van der Waals surface area contributed by atoms with Gasteiger partial charge in [0, 0.05) is 25.1 Å². The summed E-state index contributed by atoms with van der Waals surface area (Å²) in [5.74, 6) is 0.595. The van der Waals surface area contributed by atoms with Crippen molar-refractivity contribution in [3.05, 3.63) is 34.9 Å². The lowest BCUT2D eigenvalue weighted by molar-refractivity contribution is -0.124. The van der Waals surface area contributed by atoms with Gasteiger partial charge in [-0.3, -0.25) is 9.59 Å². The summed E-state index contributed by atoms with van der Waals surface area (Å²) in [5, 5.41) is 2.90. The van der Waals surface area contributed by atoms with E-state index in [2.05, 4.69) is 32.2 Å². The Morgan fingerprint density at radius 1 is 1.29 bits per heavy atom. The zero-order valence-electron chi connectivity index (χ0n) is 12.9. The molecular weight excluding hydrogens is 264 g/mol. The molecule has 0 bridgehead atoms. The molecule has 1 unspecified atom stereocenters. The molecule has 21 heavy (non-hydrogen) atoms. The van der Waals surface area contributed by atoms with Crippen LogP contribution in [0.1, 0.15) is 61.0 Å². The van der Waals surface area contributed by atoms with E-state index >= 15 is 0 Å². The number of piperidine rings is 1. The number of hydrogen-bond donors (Lipinski definition) is 1. The Kier molecular flexibility index (Phi) is 3.27. The molecule has 1 aromatic carbocycles. The van der Waals surface area contributed by atoms with Crippen molar-refractivity contribution in [2.45, 2.75) is 51.6 Å². The van der Waals surface area contributed by atoms with Gasteiger partial charge in [0.05, 0.1) is 5.54 Å². The molecule has 112 valence electrons. The van der Waals surface area contributed by atoms with Crippen molar-refractivity contribution < 1.29 is 9.59 Å². The van der Waals surface area contributed by atoms with Crippen LogP contribution >= 0.6 is 0 Å². The molecular formula is C17H22N2O2. The lowest BCUT2D eigenvalue weighted by Crippen LogP contribution is -2.57. The molecule has 2 aliphatic heterocycles. The normalized spacial score (nSPS) is 25.2. The monoisotopic (exact) mass is 286 g/mol.